The second kappa shape index (κ2) is 8.09. The highest BCUT2D eigenvalue weighted by molar-refractivity contribution is 5.82. The molecule has 4 aromatic rings. The van der Waals surface area contributed by atoms with E-state index < -0.39 is 23.2 Å². The number of anilines is 3. The number of hydrogen-bond acceptors (Lipinski definition) is 8. The van der Waals surface area contributed by atoms with Gasteiger partial charge < -0.3 is 19.5 Å². The van der Waals surface area contributed by atoms with E-state index in [1.165, 1.54) is 0 Å². The van der Waals surface area contributed by atoms with Crippen LogP contribution in [-0.2, 0) is 6.54 Å². The topological polar surface area (TPSA) is 91.6 Å². The lowest BCUT2D eigenvalue weighted by molar-refractivity contribution is 0.116. The molecule has 2 fully saturated rings. The van der Waals surface area contributed by atoms with E-state index in [1.807, 2.05) is 40.1 Å². The lowest BCUT2D eigenvalue weighted by Crippen LogP contribution is -2.72. The second-order valence-electron chi connectivity index (χ2n) is 9.18. The Labute approximate surface area is 198 Å². The minimum absolute atomic E-state index is 0.00808. The normalized spacial score (nSPS) is 16.5. The molecule has 6 rings (SSSR count). The van der Waals surface area contributed by atoms with Crippen LogP contribution in [0.15, 0.2) is 68.6 Å². The van der Waals surface area contributed by atoms with E-state index >= 15 is 0 Å². The molecule has 2 aliphatic heterocycles. The Morgan fingerprint density at radius 3 is 2.31 bits per heavy atom. The molecule has 0 aliphatic carbocycles. The van der Waals surface area contributed by atoms with Crippen LogP contribution in [0.1, 0.15) is 17.9 Å². The summed E-state index contributed by atoms with van der Waals surface area (Å²) in [5, 5.41) is 10.3. The van der Waals surface area contributed by atoms with Crippen molar-refractivity contribution in [2.24, 2.45) is 5.41 Å². The summed E-state index contributed by atoms with van der Waals surface area (Å²) in [7, 11) is 0. The summed E-state index contributed by atoms with van der Waals surface area (Å²) in [4.78, 5) is 29.3. The molecule has 8 nitrogen and oxygen atoms in total. The van der Waals surface area contributed by atoms with Crippen molar-refractivity contribution in [3.05, 3.63) is 86.5 Å². The predicted molar refractivity (Wildman–Crippen MR) is 126 cm³/mol. The first-order valence-electron chi connectivity index (χ1n) is 11.3. The first-order chi connectivity index (χ1) is 16.9. The molecule has 1 aromatic heterocycles. The zero-order valence-electron chi connectivity index (χ0n) is 18.6. The molecule has 0 saturated carbocycles. The Kier molecular flexibility index (Phi) is 4.99. The number of benzene rings is 2. The summed E-state index contributed by atoms with van der Waals surface area (Å²) in [5.74, 6) is -0.717. The van der Waals surface area contributed by atoms with Gasteiger partial charge in [0.15, 0.2) is 0 Å². The smallest absolute Gasteiger partial charge is 0.314 e. The number of nitrogens with zero attached hydrogens (tertiary/aromatic N) is 4. The highest BCUT2D eigenvalue weighted by Gasteiger charge is 2.50. The Morgan fingerprint density at radius 1 is 1.00 bits per heavy atom. The number of alkyl halides is 2. The van der Waals surface area contributed by atoms with Crippen LogP contribution in [0.3, 0.4) is 0 Å². The summed E-state index contributed by atoms with van der Waals surface area (Å²) in [5.41, 5.74) is 2.34. The minimum atomic E-state index is -2.83. The van der Waals surface area contributed by atoms with Crippen LogP contribution in [0.25, 0.3) is 11.5 Å². The fourth-order valence-corrected chi connectivity index (χ4v) is 4.82. The number of halogens is 2. The molecule has 0 atom stereocenters. The second-order valence-corrected chi connectivity index (χ2v) is 9.18. The molecule has 2 aliphatic rings. The third kappa shape index (κ3) is 3.61. The van der Waals surface area contributed by atoms with Crippen molar-refractivity contribution in [1.29, 1.82) is 0 Å². The van der Waals surface area contributed by atoms with Gasteiger partial charge in [0.25, 0.3) is 16.7 Å². The first kappa shape index (κ1) is 21.6. The highest BCUT2D eigenvalue weighted by Crippen LogP contribution is 2.41. The van der Waals surface area contributed by atoms with E-state index in [-0.39, 0.29) is 11.3 Å². The van der Waals surface area contributed by atoms with Gasteiger partial charge in [-0.15, -0.1) is 10.2 Å². The third-order valence-electron chi connectivity index (χ3n) is 6.74. The lowest BCUT2D eigenvalue weighted by atomic mass is 9.74. The standard InChI is InChI=1S/C25H21F2N5O3/c26-22(27)24-30-29-23(35-24)16-8-6-15(7-9-16)10-32(17-4-2-1-3-5-17)19-18(20(33)21(19)34)31-13-25(14-31)11-28-12-25/h1-9,22,28H,10-14H2. The van der Waals surface area contributed by atoms with Gasteiger partial charge in [0, 0.05) is 49.4 Å². The van der Waals surface area contributed by atoms with Crippen molar-refractivity contribution < 1.29 is 13.2 Å². The number of hydrogen-bond donors (Lipinski definition) is 1. The van der Waals surface area contributed by atoms with Crippen LogP contribution in [0.4, 0.5) is 25.8 Å². The fourth-order valence-electron chi connectivity index (χ4n) is 4.82. The molecule has 0 radical (unpaired) electrons. The Morgan fingerprint density at radius 2 is 1.71 bits per heavy atom. The van der Waals surface area contributed by atoms with E-state index in [4.69, 9.17) is 4.42 Å². The van der Waals surface area contributed by atoms with Crippen LogP contribution in [0.2, 0.25) is 0 Å². The molecule has 2 saturated heterocycles. The molecule has 0 amide bonds. The predicted octanol–water partition coefficient (Wildman–Crippen LogP) is 3.02. The maximum absolute atomic E-state index is 12.8. The van der Waals surface area contributed by atoms with Crippen LogP contribution in [-0.4, -0.2) is 36.4 Å². The fraction of sp³-hybridized carbons (Fsp3) is 0.280. The summed E-state index contributed by atoms with van der Waals surface area (Å²) in [6.07, 6.45) is -2.83. The van der Waals surface area contributed by atoms with Gasteiger partial charge >= 0.3 is 6.43 Å². The van der Waals surface area contributed by atoms with Crippen molar-refractivity contribution in [2.45, 2.75) is 13.0 Å². The van der Waals surface area contributed by atoms with E-state index in [9.17, 15) is 18.4 Å². The molecule has 3 heterocycles. The average Bonchev–Trinajstić information content (AvgIpc) is 3.32. The number of nitrogens with one attached hydrogen (secondary N) is 1. The zero-order valence-corrected chi connectivity index (χ0v) is 18.6. The quantitative estimate of drug-likeness (QED) is 0.406. The Bertz CT molecular complexity index is 1430. The van der Waals surface area contributed by atoms with Gasteiger partial charge in [0.05, 0.1) is 0 Å². The maximum atomic E-state index is 12.8. The van der Waals surface area contributed by atoms with Crippen molar-refractivity contribution in [2.75, 3.05) is 36.0 Å². The van der Waals surface area contributed by atoms with E-state index in [1.54, 1.807) is 24.3 Å². The molecular weight excluding hydrogens is 456 g/mol. The van der Waals surface area contributed by atoms with Crippen molar-refractivity contribution in [1.82, 2.24) is 15.5 Å². The highest BCUT2D eigenvalue weighted by atomic mass is 19.3. The Hall–Kier alpha value is -3.92. The number of para-hydroxylation sites is 1. The molecule has 3 aromatic carbocycles. The van der Waals surface area contributed by atoms with E-state index in [0.29, 0.717) is 23.5 Å². The van der Waals surface area contributed by atoms with Gasteiger partial charge in [-0.2, -0.15) is 8.78 Å². The van der Waals surface area contributed by atoms with Gasteiger partial charge in [-0.1, -0.05) is 30.3 Å². The van der Waals surface area contributed by atoms with Crippen LogP contribution in [0.5, 0.6) is 0 Å². The molecule has 1 spiro atoms. The lowest BCUT2D eigenvalue weighted by Gasteiger charge is -2.57. The SMILES string of the molecule is O=c1c(N2CC3(CNC3)C2)c(N(Cc2ccc(-c3nnc(C(F)F)o3)cc2)c2ccccc2)c1=O. The van der Waals surface area contributed by atoms with Crippen molar-refractivity contribution >= 4 is 17.1 Å². The van der Waals surface area contributed by atoms with E-state index in [2.05, 4.69) is 15.5 Å². The summed E-state index contributed by atoms with van der Waals surface area (Å²) in [6.45, 7) is 3.73. The van der Waals surface area contributed by atoms with Gasteiger partial charge in [0.1, 0.15) is 11.4 Å². The van der Waals surface area contributed by atoms with Crippen LogP contribution >= 0.6 is 0 Å². The van der Waals surface area contributed by atoms with E-state index in [0.717, 1.165) is 37.4 Å². The largest absolute Gasteiger partial charge is 0.415 e. The molecule has 35 heavy (non-hydrogen) atoms. The molecule has 178 valence electrons. The van der Waals surface area contributed by atoms with Gasteiger partial charge in [-0.05, 0) is 29.8 Å². The van der Waals surface area contributed by atoms with Gasteiger partial charge in [-0.3, -0.25) is 9.59 Å². The Balaban J connectivity index is 1.29. The third-order valence-corrected chi connectivity index (χ3v) is 6.74. The number of rotatable bonds is 7. The molecule has 0 bridgehead atoms. The average molecular weight is 477 g/mol. The molecule has 0 unspecified atom stereocenters. The van der Waals surface area contributed by atoms with Crippen LogP contribution in [0, 0.1) is 5.41 Å². The maximum Gasteiger partial charge on any atom is 0.314 e. The summed E-state index contributed by atoms with van der Waals surface area (Å²) >= 11 is 0. The number of aromatic nitrogens is 2. The molecular formula is C25H21F2N5O3. The van der Waals surface area contributed by atoms with Gasteiger partial charge in [-0.25, -0.2) is 0 Å². The molecule has 1 N–H and O–H groups in total. The zero-order chi connectivity index (χ0) is 24.2. The molecule has 10 heteroatoms. The minimum Gasteiger partial charge on any atom is -0.415 e. The monoisotopic (exact) mass is 477 g/mol. The van der Waals surface area contributed by atoms with Crippen LogP contribution < -0.4 is 26.0 Å². The van der Waals surface area contributed by atoms with Crippen molar-refractivity contribution in [3.8, 4) is 11.5 Å². The summed E-state index contributed by atoms with van der Waals surface area (Å²) in [6, 6.07) is 16.5. The summed E-state index contributed by atoms with van der Waals surface area (Å²) < 4.78 is 30.5. The van der Waals surface area contributed by atoms with Crippen molar-refractivity contribution in [3.63, 3.8) is 0 Å². The van der Waals surface area contributed by atoms with Gasteiger partial charge in [0.2, 0.25) is 5.89 Å². The first-order valence-corrected chi connectivity index (χ1v) is 11.3.